The first kappa shape index (κ1) is 66.4. The Morgan fingerprint density at radius 1 is 0.607 bits per heavy atom. The summed E-state index contributed by atoms with van der Waals surface area (Å²) in [6.07, 6.45) is 11.1. The van der Waals surface area contributed by atoms with Crippen LogP contribution in [0, 0.1) is 0 Å². The summed E-state index contributed by atoms with van der Waals surface area (Å²) in [7, 11) is -1.17. The van der Waals surface area contributed by atoms with E-state index >= 15 is 0 Å². The number of thiophene rings is 2. The number of H-pyrrole nitrogens is 2. The monoisotopic (exact) mass is 1290 g/mol. The molecule has 0 saturated carbocycles. The molecule has 3 radical (unpaired) electrons. The fourth-order valence-corrected chi connectivity index (χ4v) is 15.2. The molecule has 4 aliphatic rings. The molecule has 0 aliphatic carbocycles. The first-order valence-electron chi connectivity index (χ1n) is 28.3. The van der Waals surface area contributed by atoms with Gasteiger partial charge in [0.05, 0.1) is 69.9 Å². The number of nitrogens with one attached hydrogen (secondary N) is 2. The minimum absolute atomic E-state index is 0. The van der Waals surface area contributed by atoms with Crippen molar-refractivity contribution in [3.63, 3.8) is 0 Å². The summed E-state index contributed by atoms with van der Waals surface area (Å²) in [5.41, 5.74) is 7.42. The van der Waals surface area contributed by atoms with Crippen molar-refractivity contribution < 1.29 is 89.5 Å². The van der Waals surface area contributed by atoms with Crippen LogP contribution in [0.25, 0.3) is 85.4 Å². The van der Waals surface area contributed by atoms with Gasteiger partial charge in [-0.25, -0.2) is 66.1 Å². The molecule has 2 N–H and O–H groups in total. The van der Waals surface area contributed by atoms with Crippen LogP contribution >= 0.6 is 22.7 Å². The average Bonchev–Trinajstić information content (AvgIpc) is 1.85. The minimum Gasteiger partial charge on any atom is -0.793 e. The van der Waals surface area contributed by atoms with Crippen LogP contribution in [-0.2, 0) is 64.5 Å². The molecule has 0 atom stereocenters. The molecule has 0 amide bonds. The van der Waals surface area contributed by atoms with E-state index in [2.05, 4.69) is 76.4 Å². The Morgan fingerprint density at radius 3 is 1.51 bits per heavy atom. The number of nitrogens with zero attached hydrogens (tertiary/aromatic N) is 9. The van der Waals surface area contributed by atoms with E-state index in [4.69, 9.17) is 34.4 Å². The van der Waals surface area contributed by atoms with E-state index in [1.165, 1.54) is 6.92 Å². The van der Waals surface area contributed by atoms with Crippen molar-refractivity contribution >= 4 is 149 Å². The molecule has 0 bridgehead atoms. The van der Waals surface area contributed by atoms with Gasteiger partial charge in [0, 0.05) is 141 Å². The van der Waals surface area contributed by atoms with E-state index in [1.54, 1.807) is 28.9 Å². The van der Waals surface area contributed by atoms with Crippen LogP contribution in [0.15, 0.2) is 85.5 Å². The fraction of sp³-hybridized carbons (Fsp3) is 0.356. The number of sulfone groups is 2. The zero-order chi connectivity index (χ0) is 62.0. The van der Waals surface area contributed by atoms with Crippen molar-refractivity contribution in [1.82, 2.24) is 44.8 Å². The molecule has 30 heteroatoms. The van der Waals surface area contributed by atoms with Crippen molar-refractivity contribution in [1.29, 1.82) is 0 Å². The number of aldehydes is 1. The van der Waals surface area contributed by atoms with Gasteiger partial charge in [0.2, 0.25) is 5.97 Å². The van der Waals surface area contributed by atoms with E-state index < -0.39 is 37.6 Å². The number of aromatic nitrogens is 8. The van der Waals surface area contributed by atoms with Gasteiger partial charge in [-0.15, -0.1) is 22.7 Å². The molecule has 0 unspecified atom stereocenters. The Balaban J connectivity index is 0.000000160. The molecule has 4 saturated heterocycles. The Morgan fingerprint density at radius 2 is 1.07 bits per heavy atom. The quantitative estimate of drug-likeness (QED) is 0.0942. The summed E-state index contributed by atoms with van der Waals surface area (Å²) in [6, 6.07) is 20.4. The van der Waals surface area contributed by atoms with Crippen LogP contribution in [0.4, 0.5) is 11.6 Å². The van der Waals surface area contributed by atoms with Crippen LogP contribution in [0.3, 0.4) is 0 Å². The number of pyridine rings is 2. The summed E-state index contributed by atoms with van der Waals surface area (Å²) < 4.78 is 61.8. The molecule has 8 aromatic heterocycles. The predicted octanol–water partition coefficient (Wildman–Crippen LogP) is 4.74. The van der Waals surface area contributed by atoms with Gasteiger partial charge in [-0.1, -0.05) is 30.7 Å². The second-order valence-corrected chi connectivity index (χ2v) is 27.4. The summed E-state index contributed by atoms with van der Waals surface area (Å²) in [5, 5.41) is 4.07. The maximum Gasteiger partial charge on any atom is 1.00 e. The number of carbonyl (C=O) groups excluding carboxylic acids is 4. The number of benzene rings is 2. The zero-order valence-corrected chi connectivity index (χ0v) is 54.7. The molecular formula is C59H62BN11NaO13S4. The number of aromatic amines is 2. The Hall–Kier alpha value is -7.06. The minimum atomic E-state index is -2.91. The summed E-state index contributed by atoms with van der Waals surface area (Å²) in [5.74, 6) is 2.74. The molecule has 4 aliphatic heterocycles. The molecular weight excluding hydrogens is 1230 g/mol. The van der Waals surface area contributed by atoms with E-state index in [9.17, 15) is 36.0 Å². The largest absolute Gasteiger partial charge is 1.00 e. The van der Waals surface area contributed by atoms with Gasteiger partial charge in [-0.05, 0) is 54.8 Å². The number of rotatable bonds is 7. The van der Waals surface area contributed by atoms with Crippen LogP contribution in [0.1, 0.15) is 56.0 Å². The molecule has 12 heterocycles. The van der Waals surface area contributed by atoms with Gasteiger partial charge in [0.15, 0.2) is 39.4 Å². The number of hydrogen-bond acceptors (Lipinski definition) is 24. The molecule has 4 fully saturated rings. The van der Waals surface area contributed by atoms with Crippen LogP contribution < -0.4 is 39.4 Å². The van der Waals surface area contributed by atoms with E-state index in [-0.39, 0.29) is 41.1 Å². The third-order valence-corrected chi connectivity index (χ3v) is 20.1. The van der Waals surface area contributed by atoms with Crippen molar-refractivity contribution in [2.45, 2.75) is 46.6 Å². The fourth-order valence-electron chi connectivity index (χ4n) is 10.2. The van der Waals surface area contributed by atoms with Gasteiger partial charge in [-0.3, -0.25) is 14.5 Å². The van der Waals surface area contributed by atoms with E-state index in [0.29, 0.717) is 74.8 Å². The number of ether oxygens (including phenoxy) is 2. The summed E-state index contributed by atoms with van der Waals surface area (Å²) in [4.78, 5) is 92.7. The first-order valence-corrected chi connectivity index (χ1v) is 33.5. The number of anilines is 2. The van der Waals surface area contributed by atoms with Gasteiger partial charge >= 0.3 is 41.5 Å². The Kier molecular flexibility index (Phi) is 22.5. The topological polar surface area (TPSA) is 301 Å². The zero-order valence-electron chi connectivity index (χ0n) is 49.4. The number of hydrogen-bond donors (Lipinski definition) is 2. The SMILES string of the molecule is CC(=O)OOC(C)=O.O=Cc1cnc2sc3c(N4CCOCC4)nc(-c4cccc5[nH]ccc45)nc3c2c1.O=S1(=O)CCCCC1.O=S1(=O)CCN(Cc2cnc3sc4c(N5CCOCC5)nc(-c5cccc6[nH]ccc56)nc4c3c2)CC1.[B-]OC(C)=O.[Na+]. The normalized spacial score (nSPS) is 16.3. The van der Waals surface area contributed by atoms with Gasteiger partial charge in [-0.2, -0.15) is 0 Å². The molecule has 24 nitrogen and oxygen atoms in total. The Labute approximate surface area is 543 Å². The van der Waals surface area contributed by atoms with Crippen molar-refractivity contribution in [3.05, 3.63) is 96.6 Å². The maximum atomic E-state index is 11.8. The molecule has 0 spiro atoms. The van der Waals surface area contributed by atoms with Crippen molar-refractivity contribution in [2.75, 3.05) is 98.5 Å². The van der Waals surface area contributed by atoms with Gasteiger partial charge in [0.1, 0.15) is 19.5 Å². The smallest absolute Gasteiger partial charge is 0.793 e. The first-order chi connectivity index (χ1) is 42.5. The summed E-state index contributed by atoms with van der Waals surface area (Å²) >= 11 is 3.20. The van der Waals surface area contributed by atoms with E-state index in [0.717, 1.165) is 157 Å². The molecule has 89 heavy (non-hydrogen) atoms. The number of fused-ring (bicyclic) bond motifs is 8. The third kappa shape index (κ3) is 16.7. The number of morpholine rings is 2. The van der Waals surface area contributed by atoms with Crippen LogP contribution in [0.2, 0.25) is 0 Å². The van der Waals surface area contributed by atoms with E-state index in [1.807, 2.05) is 55.0 Å². The molecule has 459 valence electrons. The standard InChI is InChI=1S/C26H26N6O3S2.C22H17N5O2S.C5H10O2S.C4H6O4.C2H3BO2.Na/c33-37(34)12-8-31(9-13-37)16-17-14-20-22-23(36-26(20)28-15-17)25(32-6-10-35-11-7-32)30-24(29-22)19-2-1-3-21-18(19)4-5-27-21;28-12-13-10-16-18-19(30-22(16)24-11-13)21(27-6-8-29-9-7-27)26-20(25-18)15-2-1-3-17-14(15)4-5-23-17;6-8(7)4-2-1-3-5-8;1-3(5)7-8-4(2)6;1-2(4)5-3;/h1-5,14-15,27H,6-13,16H2;1-5,10-12,23H,6-9H2;1-5H2;1-2H3;1H3;/q;;;;-1;+1. The molecule has 2 aromatic carbocycles. The van der Waals surface area contributed by atoms with Crippen molar-refractivity contribution in [2.24, 2.45) is 0 Å². The molecule has 10 aromatic rings. The van der Waals surface area contributed by atoms with Crippen molar-refractivity contribution in [3.8, 4) is 22.8 Å². The Bertz CT molecular complexity index is 4380. The van der Waals surface area contributed by atoms with Gasteiger partial charge in [0.25, 0.3) is 0 Å². The second-order valence-electron chi connectivity index (χ2n) is 20.8. The summed E-state index contributed by atoms with van der Waals surface area (Å²) in [6.45, 7) is 11.1. The van der Waals surface area contributed by atoms with Crippen LogP contribution in [-0.4, -0.2) is 183 Å². The predicted molar refractivity (Wildman–Crippen MR) is 339 cm³/mol. The third-order valence-electron chi connectivity index (χ3n) is 14.5. The van der Waals surface area contributed by atoms with Gasteiger partial charge < -0.3 is 41.9 Å². The maximum absolute atomic E-state index is 11.8. The number of carbonyl (C=O) groups is 4. The average molecular weight is 1300 g/mol. The molecule has 14 rings (SSSR count). The van der Waals surface area contributed by atoms with Crippen LogP contribution in [0.5, 0.6) is 0 Å². The second kappa shape index (κ2) is 30.2.